The van der Waals surface area contributed by atoms with Gasteiger partial charge < -0.3 is 18.9 Å². The Morgan fingerprint density at radius 1 is 1.00 bits per heavy atom. The largest absolute Gasteiger partial charge is 0.493 e. The number of hydrogen-bond donors (Lipinski definition) is 0. The number of benzene rings is 1. The number of rotatable bonds is 7. The third-order valence-corrected chi connectivity index (χ3v) is 4.63. The van der Waals surface area contributed by atoms with Crippen LogP contribution in [0.5, 0.6) is 11.5 Å². The minimum Gasteiger partial charge on any atom is -0.493 e. The summed E-state index contributed by atoms with van der Waals surface area (Å²) in [6.45, 7) is 7.44. The van der Waals surface area contributed by atoms with Crippen molar-refractivity contribution in [1.82, 2.24) is 0 Å². The monoisotopic (exact) mass is 389 g/mol. The van der Waals surface area contributed by atoms with E-state index in [1.165, 1.54) is 7.11 Å². The van der Waals surface area contributed by atoms with Gasteiger partial charge in [-0.25, -0.2) is 4.79 Å². The Kier molecular flexibility index (Phi) is 7.20. The molecule has 0 saturated heterocycles. The molecule has 0 amide bonds. The van der Waals surface area contributed by atoms with Gasteiger partial charge >= 0.3 is 11.9 Å². The first kappa shape index (κ1) is 21.5. The summed E-state index contributed by atoms with van der Waals surface area (Å²) >= 11 is 0. The van der Waals surface area contributed by atoms with Gasteiger partial charge in [0.25, 0.3) is 0 Å². The van der Waals surface area contributed by atoms with E-state index in [9.17, 15) is 9.59 Å². The first-order chi connectivity index (χ1) is 13.4. The lowest BCUT2D eigenvalue weighted by Crippen LogP contribution is -2.36. The van der Waals surface area contributed by atoms with Crippen LogP contribution in [0, 0.1) is 5.92 Å². The number of esters is 2. The fourth-order valence-corrected chi connectivity index (χ4v) is 3.45. The molecule has 7 nitrogen and oxygen atoms in total. The van der Waals surface area contributed by atoms with Crippen molar-refractivity contribution in [3.8, 4) is 11.5 Å². The van der Waals surface area contributed by atoms with E-state index in [0.29, 0.717) is 34.0 Å². The maximum atomic E-state index is 12.8. The van der Waals surface area contributed by atoms with E-state index in [0.717, 1.165) is 0 Å². The van der Waals surface area contributed by atoms with Crippen LogP contribution >= 0.6 is 0 Å². The lowest BCUT2D eigenvalue weighted by atomic mass is 9.75. The van der Waals surface area contributed by atoms with E-state index in [4.69, 9.17) is 18.9 Å². The van der Waals surface area contributed by atoms with Gasteiger partial charge in [-0.1, -0.05) is 6.07 Å². The molecule has 0 bridgehead atoms. The molecular formula is C21H27NO6. The highest BCUT2D eigenvalue weighted by Crippen LogP contribution is 2.42. The van der Waals surface area contributed by atoms with Crippen molar-refractivity contribution in [2.75, 3.05) is 27.4 Å². The van der Waals surface area contributed by atoms with Crippen LogP contribution in [0.25, 0.3) is 0 Å². The number of carbonyl (C=O) groups is 2. The minimum atomic E-state index is -0.735. The van der Waals surface area contributed by atoms with Gasteiger partial charge in [-0.2, -0.15) is 0 Å². The SMILES string of the molecule is CCOC(=O)C1=C(C)N=C(C)C(C(=O)OCC)C1c1ccc(OC)c(OC)c1. The van der Waals surface area contributed by atoms with Crippen molar-refractivity contribution < 1.29 is 28.5 Å². The Morgan fingerprint density at radius 3 is 2.21 bits per heavy atom. The number of nitrogens with zero attached hydrogens (tertiary/aromatic N) is 1. The maximum absolute atomic E-state index is 12.8. The normalized spacial score (nSPS) is 19.0. The second-order valence-electron chi connectivity index (χ2n) is 6.29. The Bertz CT molecular complexity index is 811. The highest BCUT2D eigenvalue weighted by atomic mass is 16.5. The predicted octanol–water partition coefficient (Wildman–Crippen LogP) is 3.28. The molecule has 2 unspecified atom stereocenters. The fraction of sp³-hybridized carbons (Fsp3) is 0.476. The molecule has 0 saturated carbocycles. The number of allylic oxidation sites excluding steroid dienone is 1. The molecule has 0 aliphatic carbocycles. The Morgan fingerprint density at radius 2 is 1.64 bits per heavy atom. The van der Waals surface area contributed by atoms with E-state index in [1.807, 2.05) is 6.07 Å². The Hall–Kier alpha value is -2.83. The van der Waals surface area contributed by atoms with Crippen LogP contribution in [0.4, 0.5) is 0 Å². The summed E-state index contributed by atoms with van der Waals surface area (Å²) in [5, 5.41) is 0. The molecule has 2 atom stereocenters. The topological polar surface area (TPSA) is 83.4 Å². The Labute approximate surface area is 165 Å². The van der Waals surface area contributed by atoms with E-state index < -0.39 is 23.8 Å². The van der Waals surface area contributed by atoms with Gasteiger partial charge in [0.1, 0.15) is 5.92 Å². The molecule has 0 spiro atoms. The number of methoxy groups -OCH3 is 2. The lowest BCUT2D eigenvalue weighted by Gasteiger charge is -2.31. The molecule has 0 aromatic heterocycles. The van der Waals surface area contributed by atoms with Crippen LogP contribution in [0.15, 0.2) is 34.5 Å². The molecule has 152 valence electrons. The highest BCUT2D eigenvalue weighted by Gasteiger charge is 2.42. The number of carbonyl (C=O) groups excluding carboxylic acids is 2. The maximum Gasteiger partial charge on any atom is 0.336 e. The van der Waals surface area contributed by atoms with Gasteiger partial charge in [-0.15, -0.1) is 0 Å². The van der Waals surface area contributed by atoms with Crippen molar-refractivity contribution in [1.29, 1.82) is 0 Å². The van der Waals surface area contributed by atoms with E-state index in [-0.39, 0.29) is 13.2 Å². The summed E-state index contributed by atoms with van der Waals surface area (Å²) in [7, 11) is 3.08. The predicted molar refractivity (Wildman–Crippen MR) is 105 cm³/mol. The molecule has 28 heavy (non-hydrogen) atoms. The van der Waals surface area contributed by atoms with Gasteiger partial charge in [-0.3, -0.25) is 9.79 Å². The smallest absolute Gasteiger partial charge is 0.336 e. The van der Waals surface area contributed by atoms with Crippen LogP contribution in [-0.4, -0.2) is 45.1 Å². The van der Waals surface area contributed by atoms with Crippen molar-refractivity contribution in [2.24, 2.45) is 10.9 Å². The molecule has 1 aliphatic heterocycles. The summed E-state index contributed by atoms with van der Waals surface area (Å²) in [5.74, 6) is -1.21. The van der Waals surface area contributed by atoms with E-state index in [1.54, 1.807) is 46.9 Å². The van der Waals surface area contributed by atoms with Crippen molar-refractivity contribution in [3.63, 3.8) is 0 Å². The van der Waals surface area contributed by atoms with Crippen molar-refractivity contribution >= 4 is 17.7 Å². The van der Waals surface area contributed by atoms with Gasteiger partial charge in [0.2, 0.25) is 0 Å². The zero-order valence-corrected chi connectivity index (χ0v) is 17.2. The van der Waals surface area contributed by atoms with Crippen LogP contribution in [0.1, 0.15) is 39.2 Å². The molecule has 7 heteroatoms. The molecule has 1 heterocycles. The molecule has 0 fully saturated rings. The van der Waals surface area contributed by atoms with Gasteiger partial charge in [-0.05, 0) is 45.4 Å². The van der Waals surface area contributed by atoms with E-state index >= 15 is 0 Å². The molecule has 2 rings (SSSR count). The lowest BCUT2D eigenvalue weighted by molar-refractivity contribution is -0.146. The summed E-state index contributed by atoms with van der Waals surface area (Å²) in [4.78, 5) is 30.0. The van der Waals surface area contributed by atoms with E-state index in [2.05, 4.69) is 4.99 Å². The second-order valence-corrected chi connectivity index (χ2v) is 6.29. The Balaban J connectivity index is 2.67. The first-order valence-electron chi connectivity index (χ1n) is 9.21. The van der Waals surface area contributed by atoms with Gasteiger partial charge in [0, 0.05) is 17.3 Å². The summed E-state index contributed by atoms with van der Waals surface area (Å²) < 4.78 is 21.2. The molecule has 0 N–H and O–H groups in total. The molecule has 0 radical (unpaired) electrons. The summed E-state index contributed by atoms with van der Waals surface area (Å²) in [6.07, 6.45) is 0. The standard InChI is InChI=1S/C21H27NO6/c1-7-27-20(23)17-12(3)22-13(4)18(21(24)28-8-2)19(17)14-9-10-15(25-5)16(11-14)26-6/h9-11,17,19H,7-8H2,1-6H3. The quantitative estimate of drug-likeness (QED) is 0.666. The first-order valence-corrected chi connectivity index (χ1v) is 9.21. The number of hydrogen-bond acceptors (Lipinski definition) is 7. The zero-order valence-electron chi connectivity index (χ0n) is 17.2. The molecule has 1 aliphatic rings. The van der Waals surface area contributed by atoms with Crippen molar-refractivity contribution in [2.45, 2.75) is 33.6 Å². The third kappa shape index (κ3) is 4.18. The van der Waals surface area contributed by atoms with Crippen molar-refractivity contribution in [3.05, 3.63) is 35.0 Å². The molecule has 1 aromatic rings. The highest BCUT2D eigenvalue weighted by molar-refractivity contribution is 6.07. The van der Waals surface area contributed by atoms with Crippen LogP contribution in [0.2, 0.25) is 0 Å². The average Bonchev–Trinajstić information content (AvgIpc) is 2.66. The number of aliphatic imine (C=N–C) groups is 1. The van der Waals surface area contributed by atoms with Crippen LogP contribution in [0.3, 0.4) is 0 Å². The third-order valence-electron chi connectivity index (χ3n) is 4.63. The fourth-order valence-electron chi connectivity index (χ4n) is 3.45. The average molecular weight is 389 g/mol. The molecule has 1 aromatic carbocycles. The minimum absolute atomic E-state index is 0.223. The number of ether oxygens (including phenoxy) is 4. The van der Waals surface area contributed by atoms with Crippen LogP contribution in [-0.2, 0) is 19.1 Å². The van der Waals surface area contributed by atoms with Gasteiger partial charge in [0.05, 0.1) is 33.0 Å². The summed E-state index contributed by atoms with van der Waals surface area (Å²) in [6, 6.07) is 5.32. The second kappa shape index (κ2) is 9.39. The van der Waals surface area contributed by atoms with Gasteiger partial charge in [0.15, 0.2) is 11.5 Å². The molecular weight excluding hydrogens is 362 g/mol. The summed E-state index contributed by atoms with van der Waals surface area (Å²) in [5.41, 5.74) is 2.17. The zero-order chi connectivity index (χ0) is 20.8. The van der Waals surface area contributed by atoms with Crippen LogP contribution < -0.4 is 9.47 Å².